The van der Waals surface area contributed by atoms with Crippen LogP contribution in [0.1, 0.15) is 55.5 Å². The van der Waals surface area contributed by atoms with E-state index in [4.69, 9.17) is 4.74 Å². The first kappa shape index (κ1) is 21.2. The predicted molar refractivity (Wildman–Crippen MR) is 90.5 cm³/mol. The summed E-state index contributed by atoms with van der Waals surface area (Å²) in [5.41, 5.74) is -1.80. The van der Waals surface area contributed by atoms with Gasteiger partial charge in [0, 0.05) is 6.54 Å². The maximum atomic E-state index is 14.0. The second-order valence-electron chi connectivity index (χ2n) is 7.05. The maximum absolute atomic E-state index is 14.0. The van der Waals surface area contributed by atoms with Gasteiger partial charge in [-0.3, -0.25) is 4.79 Å². The van der Waals surface area contributed by atoms with Gasteiger partial charge in [0.1, 0.15) is 11.9 Å². The molecule has 0 aromatic heterocycles. The summed E-state index contributed by atoms with van der Waals surface area (Å²) in [5, 5.41) is 0. The second kappa shape index (κ2) is 8.71. The second-order valence-corrected chi connectivity index (χ2v) is 7.05. The van der Waals surface area contributed by atoms with Crippen LogP contribution in [0, 0.1) is 11.7 Å². The molecule has 1 aliphatic rings. The van der Waals surface area contributed by atoms with Crippen LogP contribution in [-0.2, 0) is 15.7 Å². The van der Waals surface area contributed by atoms with E-state index in [1.165, 1.54) is 0 Å². The molecule has 2 rings (SSSR count). The third kappa shape index (κ3) is 5.43. The summed E-state index contributed by atoms with van der Waals surface area (Å²) >= 11 is 0. The minimum Gasteiger partial charge on any atom is -0.464 e. The molecule has 27 heavy (non-hydrogen) atoms. The zero-order chi connectivity index (χ0) is 20.2. The van der Waals surface area contributed by atoms with Crippen LogP contribution in [0.3, 0.4) is 0 Å². The van der Waals surface area contributed by atoms with Gasteiger partial charge in [0.2, 0.25) is 0 Å². The molecular weight excluding hydrogens is 366 g/mol. The summed E-state index contributed by atoms with van der Waals surface area (Å²) in [6.07, 6.45) is -2.28. The summed E-state index contributed by atoms with van der Waals surface area (Å²) in [7, 11) is 0. The quantitative estimate of drug-likeness (QED) is 0.411. The number of hydrogen-bond acceptors (Lipinski definition) is 3. The van der Waals surface area contributed by atoms with E-state index in [1.54, 1.807) is 0 Å². The van der Waals surface area contributed by atoms with Crippen LogP contribution in [-0.4, -0.2) is 36.0 Å². The van der Waals surface area contributed by atoms with Gasteiger partial charge in [0.05, 0.1) is 17.7 Å². The topological polar surface area (TPSA) is 46.6 Å². The Labute approximate surface area is 155 Å². The molecule has 0 spiro atoms. The van der Waals surface area contributed by atoms with Crippen LogP contribution >= 0.6 is 0 Å². The Kier molecular flexibility index (Phi) is 6.84. The Bertz CT molecular complexity index is 688. The van der Waals surface area contributed by atoms with Gasteiger partial charge in [-0.25, -0.2) is 9.18 Å². The lowest BCUT2D eigenvalue weighted by Gasteiger charge is -2.24. The first-order valence-electron chi connectivity index (χ1n) is 8.95. The Balaban J connectivity index is 2.10. The smallest absolute Gasteiger partial charge is 0.416 e. The highest BCUT2D eigenvalue weighted by atomic mass is 19.4. The predicted octanol–water partition coefficient (Wildman–Crippen LogP) is 4.43. The van der Waals surface area contributed by atoms with Gasteiger partial charge in [0.25, 0.3) is 5.91 Å². The number of likely N-dealkylation sites (tertiary alicyclic amines) is 1. The van der Waals surface area contributed by atoms with E-state index in [2.05, 4.69) is 0 Å². The number of carbonyl (C=O) groups is 2. The minimum absolute atomic E-state index is 0.167. The summed E-state index contributed by atoms with van der Waals surface area (Å²) in [6, 6.07) is 0.786. The number of nitrogens with zero attached hydrogens (tertiary/aromatic N) is 1. The monoisotopic (exact) mass is 389 g/mol. The average Bonchev–Trinajstić information content (AvgIpc) is 3.07. The molecule has 1 amide bonds. The van der Waals surface area contributed by atoms with Crippen molar-refractivity contribution in [2.45, 2.75) is 51.7 Å². The lowest BCUT2D eigenvalue weighted by molar-refractivity contribution is -0.148. The molecule has 150 valence electrons. The van der Waals surface area contributed by atoms with Gasteiger partial charge < -0.3 is 9.64 Å². The van der Waals surface area contributed by atoms with Crippen LogP contribution < -0.4 is 0 Å². The normalized spacial score (nSPS) is 17.4. The zero-order valence-electron chi connectivity index (χ0n) is 15.3. The van der Waals surface area contributed by atoms with Gasteiger partial charge in [-0.15, -0.1) is 0 Å². The van der Waals surface area contributed by atoms with E-state index in [1.807, 2.05) is 13.8 Å². The number of carbonyl (C=O) groups excluding carboxylic acids is 2. The molecule has 1 aromatic rings. The largest absolute Gasteiger partial charge is 0.464 e. The van der Waals surface area contributed by atoms with Gasteiger partial charge in [-0.05, 0) is 49.8 Å². The average molecular weight is 389 g/mol. The summed E-state index contributed by atoms with van der Waals surface area (Å²) in [4.78, 5) is 25.9. The van der Waals surface area contributed by atoms with E-state index < -0.39 is 41.0 Å². The standard InChI is InChI=1S/C19H23F4NO3/c1-12(2)5-4-10-27-18(26)16-6-3-9-24(16)17(25)14-11-13(19(21,22)23)7-8-15(14)20/h7-8,11-12,16H,3-6,9-10H2,1-2H3. The van der Waals surface area contributed by atoms with Crippen LogP contribution in [0.15, 0.2) is 18.2 Å². The van der Waals surface area contributed by atoms with Crippen LogP contribution in [0.4, 0.5) is 17.6 Å². The van der Waals surface area contributed by atoms with Gasteiger partial charge in [-0.2, -0.15) is 13.2 Å². The van der Waals surface area contributed by atoms with E-state index in [0.717, 1.165) is 11.3 Å². The summed E-state index contributed by atoms with van der Waals surface area (Å²) < 4.78 is 57.7. The highest BCUT2D eigenvalue weighted by Crippen LogP contribution is 2.31. The molecular formula is C19H23F4NO3. The van der Waals surface area contributed by atoms with Crippen molar-refractivity contribution in [1.29, 1.82) is 0 Å². The fourth-order valence-corrected chi connectivity index (χ4v) is 3.04. The molecule has 1 saturated heterocycles. The first-order chi connectivity index (χ1) is 12.6. The molecule has 4 nitrogen and oxygen atoms in total. The van der Waals surface area contributed by atoms with Crippen molar-refractivity contribution >= 4 is 11.9 Å². The number of hydrogen-bond donors (Lipinski definition) is 0. The number of alkyl halides is 3. The van der Waals surface area contributed by atoms with Crippen LogP contribution in [0.25, 0.3) is 0 Å². The third-order valence-electron chi connectivity index (χ3n) is 4.48. The number of halogens is 4. The van der Waals surface area contributed by atoms with Crippen molar-refractivity contribution in [3.05, 3.63) is 35.1 Å². The fourth-order valence-electron chi connectivity index (χ4n) is 3.04. The van der Waals surface area contributed by atoms with Crippen molar-refractivity contribution in [3.8, 4) is 0 Å². The molecule has 0 N–H and O–H groups in total. The molecule has 1 fully saturated rings. The molecule has 1 aliphatic heterocycles. The fraction of sp³-hybridized carbons (Fsp3) is 0.579. The minimum atomic E-state index is -4.69. The van der Waals surface area contributed by atoms with Gasteiger partial charge in [0.15, 0.2) is 0 Å². The van der Waals surface area contributed by atoms with Crippen molar-refractivity contribution < 1.29 is 31.9 Å². The molecule has 0 radical (unpaired) electrons. The highest BCUT2D eigenvalue weighted by Gasteiger charge is 2.38. The number of benzene rings is 1. The van der Waals surface area contributed by atoms with Crippen molar-refractivity contribution in [2.24, 2.45) is 5.92 Å². The maximum Gasteiger partial charge on any atom is 0.416 e. The lowest BCUT2D eigenvalue weighted by atomic mass is 10.1. The number of amides is 1. The molecule has 1 aromatic carbocycles. The molecule has 8 heteroatoms. The van der Waals surface area contributed by atoms with E-state index in [9.17, 15) is 27.2 Å². The Morgan fingerprint density at radius 3 is 2.63 bits per heavy atom. The number of esters is 1. The Morgan fingerprint density at radius 2 is 2.00 bits per heavy atom. The van der Waals surface area contributed by atoms with E-state index in [0.29, 0.717) is 43.4 Å². The van der Waals surface area contributed by atoms with Gasteiger partial charge in [-0.1, -0.05) is 13.8 Å². The molecule has 1 unspecified atom stereocenters. The van der Waals surface area contributed by atoms with Crippen molar-refractivity contribution in [2.75, 3.05) is 13.2 Å². The Morgan fingerprint density at radius 1 is 1.30 bits per heavy atom. The van der Waals surface area contributed by atoms with Crippen molar-refractivity contribution in [3.63, 3.8) is 0 Å². The molecule has 1 atom stereocenters. The van der Waals surface area contributed by atoms with Crippen LogP contribution in [0.2, 0.25) is 0 Å². The third-order valence-corrected chi connectivity index (χ3v) is 4.48. The zero-order valence-corrected chi connectivity index (χ0v) is 15.3. The molecule has 0 aliphatic carbocycles. The van der Waals surface area contributed by atoms with Gasteiger partial charge >= 0.3 is 12.1 Å². The summed E-state index contributed by atoms with van der Waals surface area (Å²) in [5.74, 6) is -2.11. The molecule has 0 saturated carbocycles. The highest BCUT2D eigenvalue weighted by molar-refractivity contribution is 5.97. The molecule has 0 bridgehead atoms. The first-order valence-corrected chi connectivity index (χ1v) is 8.95. The SMILES string of the molecule is CC(C)CCCOC(=O)C1CCCN1C(=O)c1cc(C(F)(F)F)ccc1F. The van der Waals surface area contributed by atoms with Crippen molar-refractivity contribution in [1.82, 2.24) is 4.90 Å². The van der Waals surface area contributed by atoms with E-state index in [-0.39, 0.29) is 13.2 Å². The number of ether oxygens (including phenoxy) is 1. The van der Waals surface area contributed by atoms with Crippen LogP contribution in [0.5, 0.6) is 0 Å². The van der Waals surface area contributed by atoms with E-state index >= 15 is 0 Å². The summed E-state index contributed by atoms with van der Waals surface area (Å²) in [6.45, 7) is 4.47. The lowest BCUT2D eigenvalue weighted by Crippen LogP contribution is -2.42. The molecule has 1 heterocycles. The number of rotatable bonds is 6. The Hall–Kier alpha value is -2.12.